The van der Waals surface area contributed by atoms with E-state index < -0.39 is 39.1 Å². The Hall–Kier alpha value is -1.58. The minimum absolute atomic E-state index is 0.0827. The van der Waals surface area contributed by atoms with Crippen molar-refractivity contribution in [3.63, 3.8) is 0 Å². The first kappa shape index (κ1) is 17.5. The summed E-state index contributed by atoms with van der Waals surface area (Å²) in [7, 11) is -0.817. The monoisotopic (exact) mass is 322 g/mol. The molecule has 0 saturated carbocycles. The van der Waals surface area contributed by atoms with E-state index in [1.807, 2.05) is 0 Å². The van der Waals surface area contributed by atoms with Crippen LogP contribution in [0.1, 0.15) is 0 Å². The van der Waals surface area contributed by atoms with Crippen LogP contribution in [-0.4, -0.2) is 62.4 Å². The summed E-state index contributed by atoms with van der Waals surface area (Å²) in [6.07, 6.45) is 0. The normalized spacial score (nSPS) is 12.1. The molecule has 9 heteroatoms. The zero-order valence-corrected chi connectivity index (χ0v) is 12.4. The van der Waals surface area contributed by atoms with Gasteiger partial charge in [0.15, 0.2) is 11.6 Å². The third-order valence-electron chi connectivity index (χ3n) is 2.64. The van der Waals surface area contributed by atoms with Gasteiger partial charge in [0.05, 0.1) is 4.90 Å². The summed E-state index contributed by atoms with van der Waals surface area (Å²) >= 11 is 0. The molecule has 0 aliphatic rings. The Balaban J connectivity index is 3.12. The number of benzene rings is 1. The van der Waals surface area contributed by atoms with Crippen LogP contribution < -0.4 is 0 Å². The number of aliphatic carboxylic acids is 1. The van der Waals surface area contributed by atoms with Gasteiger partial charge in [0, 0.05) is 13.1 Å². The number of likely N-dealkylation sites (N-methyl/N-ethyl adjacent to an activating group) is 1. The SMILES string of the molecule is CN(C)CCN(CC(=O)O)S(=O)(=O)c1ccc(F)c(F)c1. The fourth-order valence-electron chi connectivity index (χ4n) is 1.53. The van der Waals surface area contributed by atoms with E-state index in [2.05, 4.69) is 0 Å². The fourth-order valence-corrected chi connectivity index (χ4v) is 2.93. The van der Waals surface area contributed by atoms with Gasteiger partial charge in [0.1, 0.15) is 6.54 Å². The maximum absolute atomic E-state index is 13.2. The van der Waals surface area contributed by atoms with Crippen LogP contribution >= 0.6 is 0 Å². The number of carboxylic acids is 1. The average molecular weight is 322 g/mol. The first-order valence-corrected chi connectivity index (χ1v) is 7.40. The van der Waals surface area contributed by atoms with Crippen molar-refractivity contribution in [2.24, 2.45) is 0 Å². The number of carboxylic acid groups (broad SMARTS) is 1. The van der Waals surface area contributed by atoms with Gasteiger partial charge < -0.3 is 10.0 Å². The minimum Gasteiger partial charge on any atom is -0.480 e. The van der Waals surface area contributed by atoms with Crippen molar-refractivity contribution in [2.75, 3.05) is 33.7 Å². The second-order valence-corrected chi connectivity index (χ2v) is 6.55. The van der Waals surface area contributed by atoms with E-state index in [-0.39, 0.29) is 13.1 Å². The number of carbonyl (C=O) groups is 1. The largest absolute Gasteiger partial charge is 0.480 e. The molecule has 1 N–H and O–H groups in total. The second-order valence-electron chi connectivity index (χ2n) is 4.61. The zero-order chi connectivity index (χ0) is 16.2. The maximum atomic E-state index is 13.2. The highest BCUT2D eigenvalue weighted by molar-refractivity contribution is 7.89. The van der Waals surface area contributed by atoms with Crippen molar-refractivity contribution in [2.45, 2.75) is 4.90 Å². The van der Waals surface area contributed by atoms with E-state index in [1.54, 1.807) is 19.0 Å². The molecule has 1 aromatic carbocycles. The molecule has 0 fully saturated rings. The van der Waals surface area contributed by atoms with Crippen LogP contribution in [0.25, 0.3) is 0 Å². The summed E-state index contributed by atoms with van der Waals surface area (Å²) in [5.74, 6) is -3.81. The van der Waals surface area contributed by atoms with Crippen molar-refractivity contribution >= 4 is 16.0 Å². The van der Waals surface area contributed by atoms with Crippen molar-refractivity contribution < 1.29 is 27.1 Å². The van der Waals surface area contributed by atoms with E-state index in [1.165, 1.54) is 0 Å². The lowest BCUT2D eigenvalue weighted by molar-refractivity contribution is -0.137. The van der Waals surface area contributed by atoms with Gasteiger partial charge in [0.25, 0.3) is 0 Å². The van der Waals surface area contributed by atoms with E-state index in [0.717, 1.165) is 6.07 Å². The maximum Gasteiger partial charge on any atom is 0.318 e. The predicted molar refractivity (Wildman–Crippen MR) is 71.3 cm³/mol. The van der Waals surface area contributed by atoms with Crippen LogP contribution in [0.3, 0.4) is 0 Å². The summed E-state index contributed by atoms with van der Waals surface area (Å²) < 4.78 is 51.3. The molecule has 118 valence electrons. The van der Waals surface area contributed by atoms with Crippen LogP contribution in [0.2, 0.25) is 0 Å². The van der Waals surface area contributed by atoms with Gasteiger partial charge >= 0.3 is 5.97 Å². The standard InChI is InChI=1S/C12H16F2N2O4S/c1-15(2)5-6-16(8-12(17)18)21(19,20)9-3-4-10(13)11(14)7-9/h3-4,7H,5-6,8H2,1-2H3,(H,17,18). The van der Waals surface area contributed by atoms with Crippen molar-refractivity contribution in [3.8, 4) is 0 Å². The third-order valence-corrected chi connectivity index (χ3v) is 4.48. The van der Waals surface area contributed by atoms with E-state index >= 15 is 0 Å². The summed E-state index contributed by atoms with van der Waals surface area (Å²) in [6.45, 7) is -0.550. The number of hydrogen-bond donors (Lipinski definition) is 1. The first-order chi connectivity index (χ1) is 9.64. The van der Waals surface area contributed by atoms with E-state index in [0.29, 0.717) is 16.4 Å². The molecule has 0 spiro atoms. The molecular formula is C12H16F2N2O4S. The Morgan fingerprint density at radius 1 is 1.19 bits per heavy atom. The summed E-state index contributed by atoms with van der Waals surface area (Å²) in [5, 5.41) is 8.80. The lowest BCUT2D eigenvalue weighted by atomic mass is 10.3. The topological polar surface area (TPSA) is 77.9 Å². The molecule has 0 radical (unpaired) electrons. The van der Waals surface area contributed by atoms with Crippen LogP contribution in [0.4, 0.5) is 8.78 Å². The van der Waals surface area contributed by atoms with Gasteiger partial charge in [-0.1, -0.05) is 0 Å². The Morgan fingerprint density at radius 2 is 1.81 bits per heavy atom. The Kier molecular flexibility index (Phi) is 5.76. The molecule has 1 rings (SSSR count). The molecule has 21 heavy (non-hydrogen) atoms. The molecule has 0 atom stereocenters. The lowest BCUT2D eigenvalue weighted by Gasteiger charge is -2.22. The molecule has 0 saturated heterocycles. The Labute approximate surface area is 121 Å². The average Bonchev–Trinajstić information content (AvgIpc) is 2.36. The highest BCUT2D eigenvalue weighted by atomic mass is 32.2. The van der Waals surface area contributed by atoms with Gasteiger partial charge in [-0.2, -0.15) is 4.31 Å². The van der Waals surface area contributed by atoms with Gasteiger partial charge in [0.2, 0.25) is 10.0 Å². The molecule has 0 aromatic heterocycles. The summed E-state index contributed by atoms with van der Waals surface area (Å²) in [4.78, 5) is 12.0. The van der Waals surface area contributed by atoms with Crippen LogP contribution in [0, 0.1) is 11.6 Å². The first-order valence-electron chi connectivity index (χ1n) is 5.96. The van der Waals surface area contributed by atoms with Crippen LogP contribution in [0.5, 0.6) is 0 Å². The van der Waals surface area contributed by atoms with Crippen LogP contribution in [0.15, 0.2) is 23.1 Å². The van der Waals surface area contributed by atoms with Crippen LogP contribution in [-0.2, 0) is 14.8 Å². The third kappa shape index (κ3) is 4.73. The van der Waals surface area contributed by atoms with E-state index in [4.69, 9.17) is 5.11 Å². The zero-order valence-electron chi connectivity index (χ0n) is 11.6. The highest BCUT2D eigenvalue weighted by Gasteiger charge is 2.27. The summed E-state index contributed by atoms with van der Waals surface area (Å²) in [6, 6.07) is 2.13. The Bertz CT molecular complexity index is 620. The molecule has 0 unspecified atom stereocenters. The number of hydrogen-bond acceptors (Lipinski definition) is 4. The fraction of sp³-hybridized carbons (Fsp3) is 0.417. The second kappa shape index (κ2) is 6.92. The van der Waals surface area contributed by atoms with Gasteiger partial charge in [-0.25, -0.2) is 17.2 Å². The lowest BCUT2D eigenvalue weighted by Crippen LogP contribution is -2.40. The number of nitrogens with zero attached hydrogens (tertiary/aromatic N) is 2. The molecule has 1 aromatic rings. The highest BCUT2D eigenvalue weighted by Crippen LogP contribution is 2.18. The quantitative estimate of drug-likeness (QED) is 0.795. The number of rotatable bonds is 7. The van der Waals surface area contributed by atoms with Gasteiger partial charge in [-0.05, 0) is 32.3 Å². The van der Waals surface area contributed by atoms with Crippen molar-refractivity contribution in [1.82, 2.24) is 9.21 Å². The predicted octanol–water partition coefficient (Wildman–Crippen LogP) is 0.602. The molecule has 6 nitrogen and oxygen atoms in total. The molecule has 0 heterocycles. The van der Waals surface area contributed by atoms with Crippen molar-refractivity contribution in [3.05, 3.63) is 29.8 Å². The number of sulfonamides is 1. The Morgan fingerprint density at radius 3 is 2.29 bits per heavy atom. The van der Waals surface area contributed by atoms with Gasteiger partial charge in [-0.3, -0.25) is 4.79 Å². The smallest absolute Gasteiger partial charge is 0.318 e. The molecule has 0 aliphatic heterocycles. The van der Waals surface area contributed by atoms with Gasteiger partial charge in [-0.15, -0.1) is 0 Å². The molecule has 0 bridgehead atoms. The van der Waals surface area contributed by atoms with E-state index in [9.17, 15) is 22.0 Å². The minimum atomic E-state index is -4.21. The molecule has 0 aliphatic carbocycles. The molecular weight excluding hydrogens is 306 g/mol. The van der Waals surface area contributed by atoms with Crippen molar-refractivity contribution in [1.29, 1.82) is 0 Å². The summed E-state index contributed by atoms with van der Waals surface area (Å²) in [5.41, 5.74) is 0. The number of halogens is 2. The molecule has 0 amide bonds.